The smallest absolute Gasteiger partial charge is 0.355 e. The van der Waals surface area contributed by atoms with Crippen LogP contribution >= 0.6 is 11.8 Å². The largest absolute Gasteiger partial charge is 0.456 e. The van der Waals surface area contributed by atoms with Gasteiger partial charge in [-0.1, -0.05) is 30.3 Å². The second-order valence-electron chi connectivity index (χ2n) is 7.40. The summed E-state index contributed by atoms with van der Waals surface area (Å²) in [5.74, 6) is -1.11. The molecule has 33 heavy (non-hydrogen) atoms. The zero-order valence-corrected chi connectivity index (χ0v) is 18.1. The molecule has 2 amide bonds. The van der Waals surface area contributed by atoms with Gasteiger partial charge in [0.2, 0.25) is 5.91 Å². The minimum atomic E-state index is -0.914. The summed E-state index contributed by atoms with van der Waals surface area (Å²) in [6.07, 6.45) is 1.60. The molecule has 1 saturated heterocycles. The number of non-ortho nitro benzene ring substituents is 1. The fraction of sp³-hybridized carbons (Fsp3) is 0.227. The van der Waals surface area contributed by atoms with Crippen LogP contribution in [-0.4, -0.2) is 44.8 Å². The minimum Gasteiger partial charge on any atom is -0.456 e. The molecule has 2 aromatic carbocycles. The molecule has 0 aliphatic carbocycles. The molecule has 0 radical (unpaired) electrons. The molecule has 2 aliphatic heterocycles. The minimum absolute atomic E-state index is 0.0637. The number of nitrogens with two attached hydrogens (primary N) is 1. The number of nitrogens with zero attached hydrogens (tertiary/aromatic N) is 2. The Balaban J connectivity index is 1.35. The molecule has 0 spiro atoms. The maximum Gasteiger partial charge on any atom is 0.355 e. The van der Waals surface area contributed by atoms with Gasteiger partial charge in [-0.15, -0.1) is 11.8 Å². The average molecular weight is 468 g/mol. The van der Waals surface area contributed by atoms with Gasteiger partial charge < -0.3 is 15.8 Å². The van der Waals surface area contributed by atoms with Crippen molar-refractivity contribution < 1.29 is 24.0 Å². The molecule has 2 aliphatic rings. The number of rotatable bonds is 7. The van der Waals surface area contributed by atoms with Crippen molar-refractivity contribution in [3.8, 4) is 0 Å². The van der Waals surface area contributed by atoms with E-state index in [1.807, 2.05) is 6.07 Å². The molecule has 2 heterocycles. The average Bonchev–Trinajstić information content (AvgIpc) is 2.85. The molecule has 170 valence electrons. The molecule has 10 nitrogen and oxygen atoms in total. The van der Waals surface area contributed by atoms with Gasteiger partial charge in [-0.25, -0.2) is 4.79 Å². The zero-order valence-electron chi connectivity index (χ0n) is 17.2. The second-order valence-corrected chi connectivity index (χ2v) is 8.55. The standard InChI is InChI=1S/C22H20N4O6S/c23-17(14-4-2-1-3-5-14)19(27)24-18-20(28)25-16(10-11-33-21(18)25)22(29)32-12-13-6-8-15(9-7-13)26(30)31/h1-10,17-18,21H,11-12,23H2,(H,24,27)/t17?,18?,21-/m1/s1. The van der Waals surface area contributed by atoms with Crippen LogP contribution < -0.4 is 11.1 Å². The molecule has 1 fully saturated rings. The number of amides is 2. The predicted octanol–water partition coefficient (Wildman–Crippen LogP) is 1.62. The van der Waals surface area contributed by atoms with Crippen LogP contribution in [-0.2, 0) is 25.7 Å². The van der Waals surface area contributed by atoms with E-state index < -0.39 is 40.2 Å². The van der Waals surface area contributed by atoms with Gasteiger partial charge in [0.25, 0.3) is 11.6 Å². The first-order chi connectivity index (χ1) is 15.9. The van der Waals surface area contributed by atoms with Crippen molar-refractivity contribution in [3.05, 3.63) is 87.6 Å². The molecule has 4 rings (SSSR count). The van der Waals surface area contributed by atoms with Gasteiger partial charge in [-0.2, -0.15) is 0 Å². The summed E-state index contributed by atoms with van der Waals surface area (Å²) in [6.45, 7) is -0.0971. The Labute approximate surface area is 192 Å². The summed E-state index contributed by atoms with van der Waals surface area (Å²) in [6, 6.07) is 12.8. The topological polar surface area (TPSA) is 145 Å². The highest BCUT2D eigenvalue weighted by atomic mass is 32.2. The van der Waals surface area contributed by atoms with Crippen LogP contribution in [0.1, 0.15) is 17.2 Å². The van der Waals surface area contributed by atoms with Crippen molar-refractivity contribution in [3.63, 3.8) is 0 Å². The number of carbonyl (C=O) groups is 3. The van der Waals surface area contributed by atoms with Crippen molar-refractivity contribution in [2.24, 2.45) is 5.73 Å². The van der Waals surface area contributed by atoms with Crippen LogP contribution in [0.15, 0.2) is 66.4 Å². The molecule has 0 saturated carbocycles. The molecule has 2 unspecified atom stereocenters. The lowest BCUT2D eigenvalue weighted by Crippen LogP contribution is -2.70. The number of thioether (sulfide) groups is 1. The van der Waals surface area contributed by atoms with E-state index in [0.717, 1.165) is 0 Å². The fourth-order valence-electron chi connectivity index (χ4n) is 3.52. The Kier molecular flexibility index (Phi) is 6.43. The van der Waals surface area contributed by atoms with E-state index in [0.29, 0.717) is 16.9 Å². The summed E-state index contributed by atoms with van der Waals surface area (Å²) in [5.41, 5.74) is 7.26. The third-order valence-corrected chi connectivity index (χ3v) is 6.50. The van der Waals surface area contributed by atoms with Crippen molar-refractivity contribution in [2.75, 3.05) is 5.75 Å². The van der Waals surface area contributed by atoms with Crippen LogP contribution in [0.5, 0.6) is 0 Å². The van der Waals surface area contributed by atoms with E-state index in [1.165, 1.54) is 40.9 Å². The fourth-order valence-corrected chi connectivity index (χ4v) is 4.72. The van der Waals surface area contributed by atoms with Gasteiger partial charge in [-0.3, -0.25) is 24.6 Å². The van der Waals surface area contributed by atoms with Crippen molar-refractivity contribution in [2.45, 2.75) is 24.1 Å². The van der Waals surface area contributed by atoms with Crippen LogP contribution in [0.3, 0.4) is 0 Å². The second kappa shape index (κ2) is 9.43. The number of nitro groups is 1. The van der Waals surface area contributed by atoms with Gasteiger partial charge in [-0.05, 0) is 29.3 Å². The zero-order chi connectivity index (χ0) is 23.5. The number of carbonyl (C=O) groups excluding carboxylic acids is 3. The summed E-state index contributed by atoms with van der Waals surface area (Å²) in [7, 11) is 0. The molecular weight excluding hydrogens is 448 g/mol. The van der Waals surface area contributed by atoms with Gasteiger partial charge in [0.1, 0.15) is 29.8 Å². The van der Waals surface area contributed by atoms with Crippen LogP contribution in [0, 0.1) is 10.1 Å². The van der Waals surface area contributed by atoms with E-state index >= 15 is 0 Å². The Morgan fingerprint density at radius 3 is 2.58 bits per heavy atom. The normalized spacial score (nSPS) is 20.1. The lowest BCUT2D eigenvalue weighted by molar-refractivity contribution is -0.384. The Morgan fingerprint density at radius 1 is 1.21 bits per heavy atom. The highest BCUT2D eigenvalue weighted by Gasteiger charge is 2.53. The number of β-lactam (4-membered cyclic amide) rings is 1. The molecule has 2 aromatic rings. The van der Waals surface area contributed by atoms with Crippen molar-refractivity contribution in [1.82, 2.24) is 10.2 Å². The van der Waals surface area contributed by atoms with Gasteiger partial charge in [0.05, 0.1) is 4.92 Å². The molecular formula is C22H20N4O6S. The number of fused-ring (bicyclic) bond motifs is 1. The number of hydrogen-bond donors (Lipinski definition) is 2. The van der Waals surface area contributed by atoms with Gasteiger partial charge in [0.15, 0.2) is 0 Å². The van der Waals surface area contributed by atoms with Crippen LogP contribution in [0.4, 0.5) is 5.69 Å². The molecule has 3 N–H and O–H groups in total. The lowest BCUT2D eigenvalue weighted by Gasteiger charge is -2.48. The molecule has 3 atom stereocenters. The first-order valence-electron chi connectivity index (χ1n) is 10.0. The molecule has 0 aromatic heterocycles. The van der Waals surface area contributed by atoms with E-state index in [-0.39, 0.29) is 18.0 Å². The van der Waals surface area contributed by atoms with E-state index in [2.05, 4.69) is 5.32 Å². The summed E-state index contributed by atoms with van der Waals surface area (Å²) >= 11 is 1.42. The number of nitrogens with one attached hydrogen (secondary N) is 1. The summed E-state index contributed by atoms with van der Waals surface area (Å²) in [5, 5.41) is 13.0. The van der Waals surface area contributed by atoms with E-state index in [1.54, 1.807) is 30.3 Å². The Morgan fingerprint density at radius 2 is 1.91 bits per heavy atom. The highest BCUT2D eigenvalue weighted by Crippen LogP contribution is 2.38. The highest BCUT2D eigenvalue weighted by molar-refractivity contribution is 8.00. The van der Waals surface area contributed by atoms with Crippen molar-refractivity contribution in [1.29, 1.82) is 0 Å². The summed E-state index contributed by atoms with van der Waals surface area (Å²) in [4.78, 5) is 49.4. The monoisotopic (exact) mass is 468 g/mol. The van der Waals surface area contributed by atoms with Gasteiger partial charge in [0, 0.05) is 17.9 Å². The number of nitro benzene ring substituents is 1. The first-order valence-corrected chi connectivity index (χ1v) is 11.1. The van der Waals surface area contributed by atoms with Crippen LogP contribution in [0.25, 0.3) is 0 Å². The third-order valence-electron chi connectivity index (χ3n) is 5.31. The lowest BCUT2D eigenvalue weighted by atomic mass is 10.0. The van der Waals surface area contributed by atoms with Gasteiger partial charge >= 0.3 is 5.97 Å². The van der Waals surface area contributed by atoms with E-state index in [9.17, 15) is 24.5 Å². The Hall–Kier alpha value is -3.70. The predicted molar refractivity (Wildman–Crippen MR) is 119 cm³/mol. The van der Waals surface area contributed by atoms with E-state index in [4.69, 9.17) is 10.5 Å². The first kappa shape index (κ1) is 22.5. The van der Waals surface area contributed by atoms with Crippen molar-refractivity contribution >= 4 is 35.2 Å². The number of ether oxygens (including phenoxy) is 1. The maximum absolute atomic E-state index is 12.7. The maximum atomic E-state index is 12.7. The summed E-state index contributed by atoms with van der Waals surface area (Å²) < 4.78 is 5.29. The molecule has 11 heteroatoms. The quantitative estimate of drug-likeness (QED) is 0.270. The SMILES string of the molecule is NC(C(=O)NC1C(=O)N2C(C(=O)OCc3ccc([N+](=O)[O-])cc3)=CCS[C@H]12)c1ccccc1. The molecule has 0 bridgehead atoms. The third kappa shape index (κ3) is 4.59. The number of esters is 1. The number of benzene rings is 2. The number of hydrogen-bond acceptors (Lipinski definition) is 8. The Bertz CT molecular complexity index is 1120. The van der Waals surface area contributed by atoms with Crippen LogP contribution in [0.2, 0.25) is 0 Å².